The molecule has 3 aromatic rings. The second kappa shape index (κ2) is 8.03. The van der Waals surface area contributed by atoms with E-state index in [0.717, 1.165) is 21.3 Å². The fraction of sp³-hybridized carbons (Fsp3) is 0.350. The van der Waals surface area contributed by atoms with Gasteiger partial charge in [0.1, 0.15) is 5.01 Å². The van der Waals surface area contributed by atoms with Crippen molar-refractivity contribution in [2.45, 2.75) is 24.8 Å². The van der Waals surface area contributed by atoms with Crippen molar-refractivity contribution in [1.82, 2.24) is 14.2 Å². The van der Waals surface area contributed by atoms with Crippen LogP contribution in [0.1, 0.15) is 23.5 Å². The summed E-state index contributed by atoms with van der Waals surface area (Å²) in [4.78, 5) is 17.4. The number of nitrogens with zero attached hydrogens (tertiary/aromatic N) is 4. The zero-order chi connectivity index (χ0) is 21.5. The highest BCUT2D eigenvalue weighted by molar-refractivity contribution is 7.89. The molecule has 8 nitrogen and oxygen atoms in total. The third-order valence-corrected chi connectivity index (χ3v) is 8.74. The van der Waals surface area contributed by atoms with Gasteiger partial charge in [-0.2, -0.15) is 4.31 Å². The fourth-order valence-corrected chi connectivity index (χ4v) is 6.40. The van der Waals surface area contributed by atoms with Crippen LogP contribution in [0.25, 0.3) is 10.2 Å². The first-order chi connectivity index (χ1) is 14.3. The Morgan fingerprint density at radius 2 is 1.83 bits per heavy atom. The van der Waals surface area contributed by atoms with E-state index in [-0.39, 0.29) is 16.6 Å². The Labute approximate surface area is 179 Å². The van der Waals surface area contributed by atoms with E-state index in [1.165, 1.54) is 16.4 Å². The van der Waals surface area contributed by atoms with Gasteiger partial charge < -0.3 is 0 Å². The summed E-state index contributed by atoms with van der Waals surface area (Å²) in [6.45, 7) is 5.56. The van der Waals surface area contributed by atoms with E-state index >= 15 is 0 Å². The number of rotatable bonds is 5. The second-order valence-corrected chi connectivity index (χ2v) is 10.3. The molecule has 0 spiro atoms. The molecule has 2 heterocycles. The molecule has 0 radical (unpaired) electrons. The predicted molar refractivity (Wildman–Crippen MR) is 116 cm³/mol. The number of fused-ring (bicyclic) bond motifs is 1. The van der Waals surface area contributed by atoms with Gasteiger partial charge in [0.2, 0.25) is 10.0 Å². The lowest BCUT2D eigenvalue weighted by Gasteiger charge is -2.36. The Morgan fingerprint density at radius 3 is 2.50 bits per heavy atom. The van der Waals surface area contributed by atoms with Gasteiger partial charge in [0.25, 0.3) is 5.69 Å². The third kappa shape index (κ3) is 3.83. The van der Waals surface area contributed by atoms with Crippen LogP contribution in [0.15, 0.2) is 47.4 Å². The number of non-ortho nitro benzene ring substituents is 1. The molecule has 0 aliphatic carbocycles. The van der Waals surface area contributed by atoms with Crippen molar-refractivity contribution in [3.63, 3.8) is 0 Å². The van der Waals surface area contributed by atoms with Crippen LogP contribution < -0.4 is 0 Å². The molecule has 1 atom stereocenters. The molecule has 30 heavy (non-hydrogen) atoms. The molecule has 4 rings (SSSR count). The van der Waals surface area contributed by atoms with Gasteiger partial charge in [-0.1, -0.05) is 18.2 Å². The summed E-state index contributed by atoms with van der Waals surface area (Å²) in [5.41, 5.74) is 1.26. The van der Waals surface area contributed by atoms with E-state index in [1.807, 2.05) is 18.2 Å². The quantitative estimate of drug-likeness (QED) is 0.439. The number of nitro benzene ring substituents is 1. The lowest BCUT2D eigenvalue weighted by atomic mass is 10.2. The molecule has 1 aliphatic rings. The standard InChI is InChI=1S/C20H22N4O4S2/c1-14-7-8-16(24(25)26)13-19(14)30(27,28)23-11-9-22(10-12-23)15(2)20-21-17-5-3-4-6-18(17)29-20/h3-8,13,15H,9-12H2,1-2H3. The zero-order valence-electron chi connectivity index (χ0n) is 16.7. The first-order valence-electron chi connectivity index (χ1n) is 9.62. The first-order valence-corrected chi connectivity index (χ1v) is 11.9. The van der Waals surface area contributed by atoms with E-state index in [2.05, 4.69) is 17.9 Å². The molecular formula is C20H22N4O4S2. The topological polar surface area (TPSA) is 96.6 Å². The summed E-state index contributed by atoms with van der Waals surface area (Å²) in [6, 6.07) is 12.1. The highest BCUT2D eigenvalue weighted by Crippen LogP contribution is 2.31. The molecule has 0 amide bonds. The van der Waals surface area contributed by atoms with Crippen LogP contribution in [0, 0.1) is 17.0 Å². The van der Waals surface area contributed by atoms with Crippen molar-refractivity contribution < 1.29 is 13.3 Å². The summed E-state index contributed by atoms with van der Waals surface area (Å²) in [5, 5.41) is 12.1. The van der Waals surface area contributed by atoms with Crippen molar-refractivity contribution in [2.75, 3.05) is 26.2 Å². The SMILES string of the molecule is Cc1ccc([N+](=O)[O-])cc1S(=O)(=O)N1CCN(C(C)c2nc3ccccc3s2)CC1. The van der Waals surface area contributed by atoms with Crippen LogP contribution in [0.5, 0.6) is 0 Å². The molecular weight excluding hydrogens is 424 g/mol. The van der Waals surface area contributed by atoms with E-state index in [1.54, 1.807) is 18.3 Å². The monoisotopic (exact) mass is 446 g/mol. The van der Waals surface area contributed by atoms with Crippen LogP contribution in [-0.4, -0.2) is 53.7 Å². The summed E-state index contributed by atoms with van der Waals surface area (Å²) in [7, 11) is -3.79. The molecule has 1 unspecified atom stereocenters. The largest absolute Gasteiger partial charge is 0.292 e. The van der Waals surface area contributed by atoms with Gasteiger partial charge in [-0.3, -0.25) is 15.0 Å². The van der Waals surface area contributed by atoms with Gasteiger partial charge in [-0.15, -0.1) is 11.3 Å². The highest BCUT2D eigenvalue weighted by atomic mass is 32.2. The van der Waals surface area contributed by atoms with Crippen LogP contribution in [0.3, 0.4) is 0 Å². The summed E-state index contributed by atoms with van der Waals surface area (Å²) in [6.07, 6.45) is 0. The zero-order valence-corrected chi connectivity index (χ0v) is 18.3. The summed E-state index contributed by atoms with van der Waals surface area (Å²) >= 11 is 1.66. The highest BCUT2D eigenvalue weighted by Gasteiger charge is 2.32. The minimum absolute atomic E-state index is 0.00405. The Morgan fingerprint density at radius 1 is 1.13 bits per heavy atom. The maximum absolute atomic E-state index is 13.1. The van der Waals surface area contributed by atoms with Gasteiger partial charge in [0.05, 0.1) is 26.1 Å². The third-order valence-electron chi connectivity index (χ3n) is 5.49. The lowest BCUT2D eigenvalue weighted by molar-refractivity contribution is -0.385. The van der Waals surface area contributed by atoms with E-state index in [9.17, 15) is 18.5 Å². The number of hydrogen-bond acceptors (Lipinski definition) is 7. The minimum atomic E-state index is -3.79. The first kappa shape index (κ1) is 20.9. The fourth-order valence-electron chi connectivity index (χ4n) is 3.68. The lowest BCUT2D eigenvalue weighted by Crippen LogP contribution is -2.49. The van der Waals surface area contributed by atoms with Crippen molar-refractivity contribution in [2.24, 2.45) is 0 Å². The van der Waals surface area contributed by atoms with Gasteiger partial charge in [0.15, 0.2) is 0 Å². The van der Waals surface area contributed by atoms with Crippen LogP contribution >= 0.6 is 11.3 Å². The number of aryl methyl sites for hydroxylation is 1. The molecule has 158 valence electrons. The molecule has 1 aliphatic heterocycles. The summed E-state index contributed by atoms with van der Waals surface area (Å²) in [5.74, 6) is 0. The number of piperazine rings is 1. The molecule has 0 bridgehead atoms. The number of thiazole rings is 1. The Balaban J connectivity index is 1.50. The molecule has 0 N–H and O–H groups in total. The van der Waals surface area contributed by atoms with E-state index < -0.39 is 14.9 Å². The number of aromatic nitrogens is 1. The molecule has 1 fully saturated rings. The van der Waals surface area contributed by atoms with Gasteiger partial charge in [0, 0.05) is 38.3 Å². The number of para-hydroxylation sites is 1. The normalized spacial score (nSPS) is 17.3. The Kier molecular flexibility index (Phi) is 5.58. The minimum Gasteiger partial charge on any atom is -0.292 e. The smallest absolute Gasteiger partial charge is 0.270 e. The Hall–Kier alpha value is -2.40. The number of sulfonamides is 1. The van der Waals surface area contributed by atoms with E-state index in [4.69, 9.17) is 4.98 Å². The van der Waals surface area contributed by atoms with Crippen LogP contribution in [0.2, 0.25) is 0 Å². The number of nitro groups is 1. The van der Waals surface area contributed by atoms with E-state index in [0.29, 0.717) is 31.7 Å². The van der Waals surface area contributed by atoms with Crippen molar-refractivity contribution in [3.8, 4) is 0 Å². The van der Waals surface area contributed by atoms with Gasteiger partial charge in [-0.05, 0) is 31.5 Å². The average Bonchev–Trinajstić information content (AvgIpc) is 3.17. The Bertz CT molecular complexity index is 1170. The van der Waals surface area contributed by atoms with Crippen molar-refractivity contribution in [1.29, 1.82) is 0 Å². The maximum atomic E-state index is 13.1. The van der Waals surface area contributed by atoms with Crippen molar-refractivity contribution in [3.05, 3.63) is 63.1 Å². The molecule has 2 aromatic carbocycles. The molecule has 10 heteroatoms. The van der Waals surface area contributed by atoms with Gasteiger partial charge in [-0.25, -0.2) is 13.4 Å². The molecule has 0 saturated carbocycles. The average molecular weight is 447 g/mol. The number of hydrogen-bond donors (Lipinski definition) is 0. The van der Waals surface area contributed by atoms with Crippen LogP contribution in [-0.2, 0) is 10.0 Å². The molecule has 1 saturated heterocycles. The van der Waals surface area contributed by atoms with Crippen LogP contribution in [0.4, 0.5) is 5.69 Å². The second-order valence-electron chi connectivity index (χ2n) is 7.34. The summed E-state index contributed by atoms with van der Waals surface area (Å²) < 4.78 is 28.8. The molecule has 1 aromatic heterocycles. The van der Waals surface area contributed by atoms with Crippen molar-refractivity contribution >= 4 is 37.3 Å². The van der Waals surface area contributed by atoms with Gasteiger partial charge >= 0.3 is 0 Å². The predicted octanol–water partition coefficient (Wildman–Crippen LogP) is 3.58. The number of benzene rings is 2. The maximum Gasteiger partial charge on any atom is 0.270 e.